The highest BCUT2D eigenvalue weighted by atomic mass is 32.1. The summed E-state index contributed by atoms with van der Waals surface area (Å²) in [6, 6.07) is -0.401. The van der Waals surface area contributed by atoms with Crippen LogP contribution in [0.1, 0.15) is 30.6 Å². The van der Waals surface area contributed by atoms with Crippen LogP contribution in [0.15, 0.2) is 11.6 Å². The molecule has 2 N–H and O–H groups in total. The zero-order valence-electron chi connectivity index (χ0n) is 10.0. The number of hydrogen-bond donors (Lipinski definition) is 2. The first kappa shape index (κ1) is 12.9. The summed E-state index contributed by atoms with van der Waals surface area (Å²) in [6.45, 7) is 3.96. The molecule has 0 radical (unpaired) electrons. The summed E-state index contributed by atoms with van der Waals surface area (Å²) in [5.74, 6) is 0. The zero-order valence-corrected chi connectivity index (χ0v) is 11.6. The quantitative estimate of drug-likeness (QED) is 0.903. The molecule has 0 saturated carbocycles. The first-order valence-corrected chi connectivity index (χ1v) is 7.13. The van der Waals surface area contributed by atoms with Crippen LogP contribution in [0.3, 0.4) is 0 Å². The van der Waals surface area contributed by atoms with Crippen LogP contribution < -0.4 is 10.6 Å². The van der Waals surface area contributed by atoms with Crippen LogP contribution in [-0.4, -0.2) is 20.6 Å². The molecule has 0 aromatic carbocycles. The van der Waals surface area contributed by atoms with E-state index in [2.05, 4.69) is 32.1 Å². The topological polar surface area (TPSA) is 79.8 Å². The summed E-state index contributed by atoms with van der Waals surface area (Å²) in [7, 11) is 0. The minimum absolute atomic E-state index is 0.123. The van der Waals surface area contributed by atoms with Crippen molar-refractivity contribution >= 4 is 33.9 Å². The summed E-state index contributed by atoms with van der Waals surface area (Å²) in [5, 5.41) is 12.8. The van der Waals surface area contributed by atoms with E-state index in [9.17, 15) is 4.79 Å². The van der Waals surface area contributed by atoms with Gasteiger partial charge in [0.1, 0.15) is 5.00 Å². The molecule has 0 aliphatic heterocycles. The fraction of sp³-hybridized carbons (Fsp3) is 0.400. The summed E-state index contributed by atoms with van der Waals surface area (Å²) in [6.07, 6.45) is 2.42. The Morgan fingerprint density at radius 2 is 2.39 bits per heavy atom. The number of amides is 2. The summed E-state index contributed by atoms with van der Waals surface area (Å²) < 4.78 is 3.67. The van der Waals surface area contributed by atoms with Gasteiger partial charge in [0.2, 0.25) is 0 Å². The monoisotopic (exact) mass is 283 g/mol. The largest absolute Gasteiger partial charge is 0.330 e. The summed E-state index contributed by atoms with van der Waals surface area (Å²) in [5.41, 5.74) is 0.884. The highest BCUT2D eigenvalue weighted by Crippen LogP contribution is 2.17. The van der Waals surface area contributed by atoms with Crippen LogP contribution in [0.2, 0.25) is 0 Å². The smallest absolute Gasteiger partial charge is 0.320 e. The van der Waals surface area contributed by atoms with Gasteiger partial charge in [0.25, 0.3) is 0 Å². The number of rotatable bonds is 4. The van der Waals surface area contributed by atoms with Gasteiger partial charge >= 0.3 is 6.03 Å². The minimum atomic E-state index is -0.278. The maximum Gasteiger partial charge on any atom is 0.320 e. The van der Waals surface area contributed by atoms with Crippen molar-refractivity contribution < 1.29 is 4.79 Å². The van der Waals surface area contributed by atoms with Crippen LogP contribution >= 0.6 is 22.9 Å². The number of nitrogens with one attached hydrogen (secondary N) is 2. The molecule has 0 aliphatic rings. The van der Waals surface area contributed by atoms with Crippen molar-refractivity contribution in [2.24, 2.45) is 0 Å². The Hall–Kier alpha value is -1.54. The molecule has 0 fully saturated rings. The maximum absolute atomic E-state index is 11.7. The number of thiazole rings is 1. The fourth-order valence-corrected chi connectivity index (χ4v) is 2.58. The van der Waals surface area contributed by atoms with E-state index >= 15 is 0 Å². The molecule has 6 nitrogen and oxygen atoms in total. The first-order chi connectivity index (χ1) is 8.69. The predicted molar refractivity (Wildman–Crippen MR) is 72.0 cm³/mol. The van der Waals surface area contributed by atoms with Crippen LogP contribution in [0.25, 0.3) is 0 Å². The van der Waals surface area contributed by atoms with E-state index in [1.54, 1.807) is 11.3 Å². The van der Waals surface area contributed by atoms with E-state index in [1.807, 2.05) is 12.3 Å². The van der Waals surface area contributed by atoms with E-state index in [4.69, 9.17) is 0 Å². The van der Waals surface area contributed by atoms with Crippen LogP contribution in [-0.2, 0) is 6.42 Å². The van der Waals surface area contributed by atoms with Crippen LogP contribution in [0, 0.1) is 0 Å². The second-order valence-corrected chi connectivity index (χ2v) is 5.35. The lowest BCUT2D eigenvalue weighted by Crippen LogP contribution is -2.31. The Labute approximate surface area is 113 Å². The lowest BCUT2D eigenvalue weighted by molar-refractivity contribution is 0.249. The van der Waals surface area contributed by atoms with Gasteiger partial charge < -0.3 is 5.32 Å². The van der Waals surface area contributed by atoms with Gasteiger partial charge in [0.05, 0.1) is 22.9 Å². The molecule has 0 spiro atoms. The molecule has 18 heavy (non-hydrogen) atoms. The highest BCUT2D eigenvalue weighted by molar-refractivity contribution is 7.10. The van der Waals surface area contributed by atoms with E-state index in [1.165, 1.54) is 6.20 Å². The number of anilines is 1. The van der Waals surface area contributed by atoms with Crippen LogP contribution in [0.5, 0.6) is 0 Å². The average molecular weight is 283 g/mol. The molecule has 8 heteroatoms. The van der Waals surface area contributed by atoms with Crippen molar-refractivity contribution in [2.75, 3.05) is 5.32 Å². The van der Waals surface area contributed by atoms with Crippen molar-refractivity contribution in [3.63, 3.8) is 0 Å². The summed E-state index contributed by atoms with van der Waals surface area (Å²) in [4.78, 5) is 16.1. The van der Waals surface area contributed by atoms with Crippen LogP contribution in [0.4, 0.5) is 9.80 Å². The maximum atomic E-state index is 11.7. The Bertz CT molecular complexity index is 510. The van der Waals surface area contributed by atoms with Gasteiger partial charge in [-0.25, -0.2) is 9.78 Å². The van der Waals surface area contributed by atoms with Crippen molar-refractivity contribution in [2.45, 2.75) is 26.3 Å². The Balaban J connectivity index is 1.90. The third kappa shape index (κ3) is 3.23. The molecule has 2 heterocycles. The SMILES string of the molecule is CCc1nc([C@H](C)NC(=O)Nc2cnns2)cs1. The molecule has 0 saturated heterocycles. The van der Waals surface area contributed by atoms with Gasteiger partial charge in [0, 0.05) is 16.9 Å². The minimum Gasteiger partial charge on any atom is -0.330 e. The average Bonchev–Trinajstić information content (AvgIpc) is 2.98. The number of urea groups is 1. The van der Waals surface area contributed by atoms with Crippen molar-refractivity contribution in [3.05, 3.63) is 22.3 Å². The van der Waals surface area contributed by atoms with Crippen molar-refractivity contribution in [1.82, 2.24) is 19.9 Å². The molecule has 2 amide bonds. The molecular formula is C10H13N5OS2. The lowest BCUT2D eigenvalue weighted by Gasteiger charge is -2.11. The van der Waals surface area contributed by atoms with Gasteiger partial charge in [-0.15, -0.1) is 16.4 Å². The molecule has 0 unspecified atom stereocenters. The Morgan fingerprint density at radius 1 is 1.56 bits per heavy atom. The third-order valence-electron chi connectivity index (χ3n) is 2.26. The second-order valence-electron chi connectivity index (χ2n) is 3.62. The zero-order chi connectivity index (χ0) is 13.0. The molecule has 0 aliphatic carbocycles. The molecule has 2 aromatic rings. The number of carbonyl (C=O) groups is 1. The summed E-state index contributed by atoms with van der Waals surface area (Å²) >= 11 is 2.74. The van der Waals surface area contributed by atoms with Gasteiger partial charge in [-0.05, 0) is 13.3 Å². The van der Waals surface area contributed by atoms with E-state index in [0.717, 1.165) is 28.7 Å². The fourth-order valence-electron chi connectivity index (χ4n) is 1.33. The molecule has 0 bridgehead atoms. The van der Waals surface area contributed by atoms with Crippen molar-refractivity contribution in [3.8, 4) is 0 Å². The van der Waals surface area contributed by atoms with E-state index in [0.29, 0.717) is 5.00 Å². The Kier molecular flexibility index (Phi) is 4.21. The number of aryl methyl sites for hydroxylation is 1. The molecule has 2 aromatic heterocycles. The number of nitrogens with zero attached hydrogens (tertiary/aromatic N) is 3. The molecule has 2 rings (SSSR count). The number of carbonyl (C=O) groups excluding carboxylic acids is 1. The molecule has 1 atom stereocenters. The third-order valence-corrected chi connectivity index (χ3v) is 3.85. The highest BCUT2D eigenvalue weighted by Gasteiger charge is 2.13. The lowest BCUT2D eigenvalue weighted by atomic mass is 10.3. The van der Waals surface area contributed by atoms with Crippen molar-refractivity contribution in [1.29, 1.82) is 0 Å². The van der Waals surface area contributed by atoms with E-state index in [-0.39, 0.29) is 12.1 Å². The number of hydrogen-bond acceptors (Lipinski definition) is 6. The predicted octanol–water partition coefficient (Wildman–Crippen LogP) is 2.44. The standard InChI is InChI=1S/C10H13N5OS2/c1-3-8-13-7(5-17-8)6(2)12-10(16)14-9-4-11-15-18-9/h4-6H,3H2,1-2H3,(H2,12,14,16)/t6-/m0/s1. The second kappa shape index (κ2) is 5.87. The van der Waals surface area contributed by atoms with Gasteiger partial charge in [-0.2, -0.15) is 0 Å². The molecule has 96 valence electrons. The van der Waals surface area contributed by atoms with Gasteiger partial charge in [-0.1, -0.05) is 11.4 Å². The molecular weight excluding hydrogens is 270 g/mol. The Morgan fingerprint density at radius 3 is 3.00 bits per heavy atom. The van der Waals surface area contributed by atoms with E-state index < -0.39 is 0 Å². The first-order valence-electron chi connectivity index (χ1n) is 5.48. The van der Waals surface area contributed by atoms with Gasteiger partial charge in [-0.3, -0.25) is 5.32 Å². The number of aromatic nitrogens is 3. The normalized spacial score (nSPS) is 12.1. The van der Waals surface area contributed by atoms with Gasteiger partial charge in [0.15, 0.2) is 0 Å².